The van der Waals surface area contributed by atoms with Crippen LogP contribution in [0.25, 0.3) is 10.8 Å². The Kier molecular flexibility index (Phi) is 13.7. The molecule has 0 aliphatic carbocycles. The monoisotopic (exact) mass is 747 g/mol. The molecular formula is C37H49N9O8. The fourth-order valence-electron chi connectivity index (χ4n) is 6.72. The summed E-state index contributed by atoms with van der Waals surface area (Å²) in [6, 6.07) is 8.37. The van der Waals surface area contributed by atoms with Crippen molar-refractivity contribution in [1.82, 2.24) is 41.2 Å². The van der Waals surface area contributed by atoms with Gasteiger partial charge in [0.05, 0.1) is 37.8 Å². The van der Waals surface area contributed by atoms with Crippen LogP contribution in [0.1, 0.15) is 57.2 Å². The zero-order chi connectivity index (χ0) is 38.8. The van der Waals surface area contributed by atoms with Gasteiger partial charge in [-0.05, 0) is 41.5 Å². The van der Waals surface area contributed by atoms with Crippen molar-refractivity contribution in [2.75, 3.05) is 19.7 Å². The third-order valence-electron chi connectivity index (χ3n) is 9.53. The van der Waals surface area contributed by atoms with Crippen LogP contribution in [0.5, 0.6) is 0 Å². The molecule has 0 bridgehead atoms. The van der Waals surface area contributed by atoms with E-state index in [1.807, 2.05) is 56.3 Å². The lowest BCUT2D eigenvalue weighted by atomic mass is 9.97. The SMILES string of the molecule is CC(C)C[C@H](NC(=O)[C@@H]1COCc2cnnn2CCCCC(=O)NCC(=O)N2C[C@H](O)C[C@H]2C(=O)N[C@@H](Cc2cccc3ccccc23)C(=O)N1)C(N)=O. The maximum absolute atomic E-state index is 14.3. The van der Waals surface area contributed by atoms with E-state index in [4.69, 9.17) is 10.5 Å². The highest BCUT2D eigenvalue weighted by molar-refractivity contribution is 5.97. The quantitative estimate of drug-likeness (QED) is 0.180. The van der Waals surface area contributed by atoms with E-state index in [1.165, 1.54) is 11.1 Å². The molecule has 7 N–H and O–H groups in total. The zero-order valence-electron chi connectivity index (χ0n) is 30.5. The number of hydrogen-bond donors (Lipinski definition) is 6. The Bertz CT molecular complexity index is 1830. The van der Waals surface area contributed by atoms with E-state index >= 15 is 0 Å². The number of nitrogens with one attached hydrogen (secondary N) is 4. The minimum absolute atomic E-state index is 0.00445. The second kappa shape index (κ2) is 18.6. The number of carbonyl (C=O) groups excluding carboxylic acids is 6. The summed E-state index contributed by atoms with van der Waals surface area (Å²) in [5, 5.41) is 31.1. The smallest absolute Gasteiger partial charge is 0.245 e. The Morgan fingerprint density at radius 1 is 1.06 bits per heavy atom. The fraction of sp³-hybridized carbons (Fsp3) is 0.514. The van der Waals surface area contributed by atoms with E-state index in [9.17, 15) is 33.9 Å². The first-order valence-electron chi connectivity index (χ1n) is 18.3. The van der Waals surface area contributed by atoms with Gasteiger partial charge in [-0.25, -0.2) is 4.68 Å². The maximum atomic E-state index is 14.3. The number of nitrogens with zero attached hydrogens (tertiary/aromatic N) is 4. The second-order valence-corrected chi connectivity index (χ2v) is 14.2. The minimum Gasteiger partial charge on any atom is -0.391 e. The number of carbonyl (C=O) groups is 6. The van der Waals surface area contributed by atoms with E-state index in [0.29, 0.717) is 25.1 Å². The van der Waals surface area contributed by atoms with Crippen LogP contribution >= 0.6 is 0 Å². The fourth-order valence-corrected chi connectivity index (χ4v) is 6.72. The van der Waals surface area contributed by atoms with Crippen molar-refractivity contribution in [1.29, 1.82) is 0 Å². The summed E-state index contributed by atoms with van der Waals surface area (Å²) in [6.45, 7) is 3.29. The van der Waals surface area contributed by atoms with Crippen LogP contribution in [0.2, 0.25) is 0 Å². The predicted molar refractivity (Wildman–Crippen MR) is 195 cm³/mol. The molecule has 1 aromatic heterocycles. The van der Waals surface area contributed by atoms with E-state index < -0.39 is 59.8 Å². The first kappa shape index (κ1) is 39.8. The number of amides is 6. The Morgan fingerprint density at radius 3 is 2.61 bits per heavy atom. The Balaban J connectivity index is 1.47. The van der Waals surface area contributed by atoms with Crippen LogP contribution in [0, 0.1) is 5.92 Å². The van der Waals surface area contributed by atoms with E-state index in [1.54, 1.807) is 4.68 Å². The molecule has 2 aromatic carbocycles. The first-order valence-corrected chi connectivity index (χ1v) is 18.3. The number of benzene rings is 2. The van der Waals surface area contributed by atoms with Gasteiger partial charge < -0.3 is 41.7 Å². The summed E-state index contributed by atoms with van der Waals surface area (Å²) < 4.78 is 7.55. The van der Waals surface area contributed by atoms with Gasteiger partial charge in [-0.3, -0.25) is 28.8 Å². The Labute approximate surface area is 312 Å². The van der Waals surface area contributed by atoms with Crippen molar-refractivity contribution in [2.45, 2.75) is 95.8 Å². The predicted octanol–water partition coefficient (Wildman–Crippen LogP) is -0.562. The largest absolute Gasteiger partial charge is 0.391 e. The molecule has 5 atom stereocenters. The van der Waals surface area contributed by atoms with E-state index in [2.05, 4.69) is 31.6 Å². The normalized spacial score (nSPS) is 23.0. The van der Waals surface area contributed by atoms with Crippen LogP contribution < -0.4 is 27.0 Å². The van der Waals surface area contributed by atoms with Gasteiger partial charge in [-0.1, -0.05) is 61.5 Å². The summed E-state index contributed by atoms with van der Waals surface area (Å²) in [6.07, 6.45) is 1.86. The van der Waals surface area contributed by atoms with E-state index in [0.717, 1.165) is 16.3 Å². The van der Waals surface area contributed by atoms with Gasteiger partial charge in [-0.15, -0.1) is 5.10 Å². The van der Waals surface area contributed by atoms with Gasteiger partial charge in [0.2, 0.25) is 35.4 Å². The molecule has 0 radical (unpaired) electrons. The lowest BCUT2D eigenvalue weighted by Gasteiger charge is -2.28. The highest BCUT2D eigenvalue weighted by Gasteiger charge is 2.40. The van der Waals surface area contributed by atoms with Crippen LogP contribution in [-0.4, -0.2) is 110 Å². The van der Waals surface area contributed by atoms with Gasteiger partial charge >= 0.3 is 0 Å². The van der Waals surface area contributed by atoms with Crippen LogP contribution in [-0.2, 0) is 53.1 Å². The summed E-state index contributed by atoms with van der Waals surface area (Å²) in [7, 11) is 0. The summed E-state index contributed by atoms with van der Waals surface area (Å²) >= 11 is 0. The van der Waals surface area contributed by atoms with Crippen LogP contribution in [0.4, 0.5) is 0 Å². The molecule has 54 heavy (non-hydrogen) atoms. The standard InChI is InChI=1S/C37H49N9O8/c1-22(2)14-28(34(38)50)41-36(52)30-21-54-20-25-17-40-44-46(25)13-6-5-12-32(48)39-18-33(49)45-19-26(47)16-31(45)37(53)42-29(35(51)43-30)15-24-10-7-9-23-8-3-4-11-27(23)24/h3-4,7-11,17,22,26,28-31,47H,5-6,12-16,18-21H2,1-2H3,(H2,38,50)(H,39,48)(H,41,52)(H,42,53)(H,43,51)/t26-,28+,29+,30+,31+/m1/s1. The molecule has 1 saturated heterocycles. The number of aliphatic hydroxyl groups excluding tert-OH is 1. The van der Waals surface area contributed by atoms with Crippen molar-refractivity contribution in [3.05, 3.63) is 59.9 Å². The first-order chi connectivity index (χ1) is 25.9. The number of fused-ring (bicyclic) bond motifs is 3. The van der Waals surface area contributed by atoms with Crippen molar-refractivity contribution in [3.8, 4) is 0 Å². The Hall–Kier alpha value is -5.42. The maximum Gasteiger partial charge on any atom is 0.245 e. The van der Waals surface area contributed by atoms with Crippen molar-refractivity contribution < 1.29 is 38.6 Å². The number of rotatable bonds is 7. The zero-order valence-corrected chi connectivity index (χ0v) is 30.5. The molecule has 0 saturated carbocycles. The lowest BCUT2D eigenvalue weighted by molar-refractivity contribution is -0.140. The minimum atomic E-state index is -1.33. The summed E-state index contributed by atoms with van der Waals surface area (Å²) in [5.74, 6) is -3.78. The molecule has 0 unspecified atom stereocenters. The molecule has 3 aromatic rings. The average Bonchev–Trinajstić information content (AvgIpc) is 3.76. The van der Waals surface area contributed by atoms with Crippen molar-refractivity contribution in [3.63, 3.8) is 0 Å². The molecule has 290 valence electrons. The lowest BCUT2D eigenvalue weighted by Crippen LogP contribution is -2.59. The number of aliphatic hydroxyl groups is 1. The molecule has 6 amide bonds. The van der Waals surface area contributed by atoms with Gasteiger partial charge in [0.15, 0.2) is 0 Å². The number of nitrogens with two attached hydrogens (primary N) is 1. The molecule has 5 rings (SSSR count). The molecule has 17 heteroatoms. The van der Waals surface area contributed by atoms with Gasteiger partial charge in [0.25, 0.3) is 0 Å². The number of aromatic nitrogens is 3. The topological polar surface area (TPSA) is 240 Å². The second-order valence-electron chi connectivity index (χ2n) is 14.2. The number of ether oxygens (including phenoxy) is 1. The highest BCUT2D eigenvalue weighted by Crippen LogP contribution is 2.22. The van der Waals surface area contributed by atoms with Gasteiger partial charge in [0, 0.05) is 32.4 Å². The molecule has 3 heterocycles. The molecule has 1 fully saturated rings. The molecular weight excluding hydrogens is 698 g/mol. The molecule has 2 aliphatic heterocycles. The molecule has 17 nitrogen and oxygen atoms in total. The molecule has 2 aliphatic rings. The van der Waals surface area contributed by atoms with Gasteiger partial charge in [-0.2, -0.15) is 0 Å². The third-order valence-corrected chi connectivity index (χ3v) is 9.53. The number of primary amides is 1. The third kappa shape index (κ3) is 10.6. The van der Waals surface area contributed by atoms with Gasteiger partial charge in [0.1, 0.15) is 24.2 Å². The summed E-state index contributed by atoms with van der Waals surface area (Å²) in [4.78, 5) is 81.4. The number of hydrogen-bond acceptors (Lipinski definition) is 10. The summed E-state index contributed by atoms with van der Waals surface area (Å²) in [5.41, 5.74) is 6.93. The van der Waals surface area contributed by atoms with Crippen molar-refractivity contribution in [2.24, 2.45) is 11.7 Å². The van der Waals surface area contributed by atoms with Crippen molar-refractivity contribution >= 4 is 46.2 Å². The Morgan fingerprint density at radius 2 is 1.83 bits per heavy atom. The number of aryl methyl sites for hydroxylation is 1. The van der Waals surface area contributed by atoms with Crippen LogP contribution in [0.3, 0.4) is 0 Å². The average molecular weight is 748 g/mol. The van der Waals surface area contributed by atoms with Crippen LogP contribution in [0.15, 0.2) is 48.7 Å². The van der Waals surface area contributed by atoms with E-state index in [-0.39, 0.29) is 63.8 Å². The molecule has 0 spiro atoms. The highest BCUT2D eigenvalue weighted by atomic mass is 16.5.